The highest BCUT2D eigenvalue weighted by atomic mass is 16.5. The second-order valence-electron chi connectivity index (χ2n) is 3.68. The molecule has 0 bridgehead atoms. The fourth-order valence-electron chi connectivity index (χ4n) is 1.12. The number of rotatable bonds is 6. The highest BCUT2D eigenvalue weighted by molar-refractivity contribution is 5.81. The Bertz CT molecular complexity index is 172. The van der Waals surface area contributed by atoms with E-state index in [2.05, 4.69) is 0 Å². The average Bonchev–Trinajstić information content (AvgIpc) is 2.17. The van der Waals surface area contributed by atoms with Gasteiger partial charge < -0.3 is 15.4 Å². The van der Waals surface area contributed by atoms with E-state index in [0.717, 1.165) is 0 Å². The van der Waals surface area contributed by atoms with E-state index in [9.17, 15) is 4.79 Å². The molecule has 0 saturated carbocycles. The summed E-state index contributed by atoms with van der Waals surface area (Å²) in [7, 11) is 1.63. The van der Waals surface area contributed by atoms with Gasteiger partial charge in [-0.1, -0.05) is 13.8 Å². The number of carbonyl (C=O) groups excluding carboxylic acids is 1. The van der Waals surface area contributed by atoms with Gasteiger partial charge in [0.05, 0.1) is 12.6 Å². The Balaban J connectivity index is 4.16. The topological polar surface area (TPSA) is 55.6 Å². The second kappa shape index (κ2) is 6.79. The number of carbonyl (C=O) groups is 1. The predicted octanol–water partition coefficient (Wildman–Crippen LogP) is 0.465. The molecule has 0 unspecified atom stereocenters. The number of nitrogens with zero attached hydrogens (tertiary/aromatic N) is 1. The monoisotopic (exact) mass is 202 g/mol. The number of amides is 1. The maximum Gasteiger partial charge on any atom is 0.239 e. The van der Waals surface area contributed by atoms with Crippen LogP contribution in [0.2, 0.25) is 0 Å². The first-order chi connectivity index (χ1) is 6.54. The SMILES string of the molecule is CCN(CCOC)C(=O)[C@@H](N)C(C)C. The van der Waals surface area contributed by atoms with E-state index in [1.165, 1.54) is 0 Å². The lowest BCUT2D eigenvalue weighted by Crippen LogP contribution is -2.47. The van der Waals surface area contributed by atoms with E-state index in [0.29, 0.717) is 19.7 Å². The van der Waals surface area contributed by atoms with Crippen molar-refractivity contribution in [1.82, 2.24) is 4.90 Å². The van der Waals surface area contributed by atoms with Crippen LogP contribution >= 0.6 is 0 Å². The first kappa shape index (κ1) is 13.4. The van der Waals surface area contributed by atoms with E-state index >= 15 is 0 Å². The fraction of sp³-hybridized carbons (Fsp3) is 0.900. The summed E-state index contributed by atoms with van der Waals surface area (Å²) in [6.07, 6.45) is 0. The molecule has 0 aliphatic carbocycles. The molecule has 0 aromatic carbocycles. The Morgan fingerprint density at radius 1 is 1.50 bits per heavy atom. The minimum Gasteiger partial charge on any atom is -0.383 e. The molecule has 2 N–H and O–H groups in total. The molecule has 14 heavy (non-hydrogen) atoms. The van der Waals surface area contributed by atoms with Gasteiger partial charge in [0.15, 0.2) is 0 Å². The third kappa shape index (κ3) is 4.07. The van der Waals surface area contributed by atoms with Crippen LogP contribution in [-0.2, 0) is 9.53 Å². The van der Waals surface area contributed by atoms with Crippen molar-refractivity contribution in [2.45, 2.75) is 26.8 Å². The van der Waals surface area contributed by atoms with E-state index in [1.807, 2.05) is 20.8 Å². The molecule has 0 aromatic heterocycles. The molecule has 0 fully saturated rings. The molecule has 1 amide bonds. The quantitative estimate of drug-likeness (QED) is 0.681. The van der Waals surface area contributed by atoms with Crippen LogP contribution in [0, 0.1) is 5.92 Å². The van der Waals surface area contributed by atoms with Gasteiger partial charge in [-0.25, -0.2) is 0 Å². The molecule has 0 aromatic rings. The lowest BCUT2D eigenvalue weighted by atomic mass is 10.0. The molecule has 4 heteroatoms. The van der Waals surface area contributed by atoms with Crippen LogP contribution in [0.25, 0.3) is 0 Å². The molecular weight excluding hydrogens is 180 g/mol. The zero-order valence-corrected chi connectivity index (χ0v) is 9.62. The van der Waals surface area contributed by atoms with Crippen molar-refractivity contribution in [3.63, 3.8) is 0 Å². The lowest BCUT2D eigenvalue weighted by molar-refractivity contribution is -0.134. The van der Waals surface area contributed by atoms with Gasteiger partial charge >= 0.3 is 0 Å². The standard InChI is InChI=1S/C10H22N2O2/c1-5-12(6-7-14-4)10(13)9(11)8(2)3/h8-9H,5-7,11H2,1-4H3/t9-/m0/s1. The predicted molar refractivity (Wildman–Crippen MR) is 56.9 cm³/mol. The molecule has 0 rings (SSSR count). The lowest BCUT2D eigenvalue weighted by Gasteiger charge is -2.25. The van der Waals surface area contributed by atoms with E-state index in [-0.39, 0.29) is 11.8 Å². The van der Waals surface area contributed by atoms with Gasteiger partial charge in [0, 0.05) is 20.2 Å². The van der Waals surface area contributed by atoms with Gasteiger partial charge in [0.25, 0.3) is 0 Å². The van der Waals surface area contributed by atoms with Crippen molar-refractivity contribution >= 4 is 5.91 Å². The first-order valence-electron chi connectivity index (χ1n) is 5.07. The van der Waals surface area contributed by atoms with Gasteiger partial charge in [-0.3, -0.25) is 4.79 Å². The van der Waals surface area contributed by atoms with Crippen LogP contribution in [0.5, 0.6) is 0 Å². The second-order valence-corrected chi connectivity index (χ2v) is 3.68. The zero-order valence-electron chi connectivity index (χ0n) is 9.62. The van der Waals surface area contributed by atoms with Gasteiger partial charge in [-0.2, -0.15) is 0 Å². The number of nitrogens with two attached hydrogens (primary N) is 1. The number of hydrogen-bond acceptors (Lipinski definition) is 3. The smallest absolute Gasteiger partial charge is 0.239 e. The molecule has 0 aliphatic heterocycles. The van der Waals surface area contributed by atoms with Crippen molar-refractivity contribution in [2.24, 2.45) is 11.7 Å². The van der Waals surface area contributed by atoms with E-state index in [4.69, 9.17) is 10.5 Å². The Morgan fingerprint density at radius 3 is 2.43 bits per heavy atom. The van der Waals surface area contributed by atoms with Crippen LogP contribution in [0.1, 0.15) is 20.8 Å². The molecule has 0 heterocycles. The average molecular weight is 202 g/mol. The van der Waals surface area contributed by atoms with Crippen LogP contribution in [-0.4, -0.2) is 43.7 Å². The molecule has 84 valence electrons. The molecular formula is C10H22N2O2. The summed E-state index contributed by atoms with van der Waals surface area (Å²) in [5.74, 6) is 0.193. The molecule has 1 atom stereocenters. The largest absolute Gasteiger partial charge is 0.383 e. The summed E-state index contributed by atoms with van der Waals surface area (Å²) in [5.41, 5.74) is 5.78. The molecule has 0 saturated heterocycles. The normalized spacial score (nSPS) is 13.0. The Kier molecular flexibility index (Phi) is 6.49. The van der Waals surface area contributed by atoms with Crippen LogP contribution < -0.4 is 5.73 Å². The van der Waals surface area contributed by atoms with Crippen molar-refractivity contribution in [3.05, 3.63) is 0 Å². The van der Waals surface area contributed by atoms with Gasteiger partial charge in [0.2, 0.25) is 5.91 Å². The maximum atomic E-state index is 11.8. The summed E-state index contributed by atoms with van der Waals surface area (Å²) < 4.78 is 4.93. The first-order valence-corrected chi connectivity index (χ1v) is 5.07. The van der Waals surface area contributed by atoms with Crippen molar-refractivity contribution in [2.75, 3.05) is 26.8 Å². The molecule has 0 radical (unpaired) electrons. The van der Waals surface area contributed by atoms with Gasteiger partial charge in [-0.05, 0) is 12.8 Å². The maximum absolute atomic E-state index is 11.8. The highest BCUT2D eigenvalue weighted by Crippen LogP contribution is 2.03. The van der Waals surface area contributed by atoms with Gasteiger partial charge in [-0.15, -0.1) is 0 Å². The number of ether oxygens (including phenoxy) is 1. The Labute approximate surface area is 86.4 Å². The van der Waals surface area contributed by atoms with E-state index in [1.54, 1.807) is 12.0 Å². The number of methoxy groups -OCH3 is 1. The van der Waals surface area contributed by atoms with Crippen LogP contribution in [0.15, 0.2) is 0 Å². The highest BCUT2D eigenvalue weighted by Gasteiger charge is 2.21. The van der Waals surface area contributed by atoms with Gasteiger partial charge in [0.1, 0.15) is 0 Å². The zero-order chi connectivity index (χ0) is 11.1. The summed E-state index contributed by atoms with van der Waals surface area (Å²) in [4.78, 5) is 13.5. The Hall–Kier alpha value is -0.610. The Morgan fingerprint density at radius 2 is 2.07 bits per heavy atom. The minimum absolute atomic E-state index is 0.0135. The molecule has 4 nitrogen and oxygen atoms in total. The summed E-state index contributed by atoms with van der Waals surface area (Å²) in [6.45, 7) is 7.71. The number of likely N-dealkylation sites (N-methyl/N-ethyl adjacent to an activating group) is 1. The molecule has 0 spiro atoms. The summed E-state index contributed by atoms with van der Waals surface area (Å²) in [6, 6.07) is -0.396. The van der Waals surface area contributed by atoms with Crippen LogP contribution in [0.3, 0.4) is 0 Å². The summed E-state index contributed by atoms with van der Waals surface area (Å²) in [5, 5.41) is 0. The van der Waals surface area contributed by atoms with Crippen molar-refractivity contribution in [3.8, 4) is 0 Å². The van der Waals surface area contributed by atoms with Crippen molar-refractivity contribution in [1.29, 1.82) is 0 Å². The third-order valence-corrected chi connectivity index (χ3v) is 2.26. The minimum atomic E-state index is -0.396. The fourth-order valence-corrected chi connectivity index (χ4v) is 1.12. The van der Waals surface area contributed by atoms with E-state index < -0.39 is 6.04 Å². The van der Waals surface area contributed by atoms with Crippen LogP contribution in [0.4, 0.5) is 0 Å². The van der Waals surface area contributed by atoms with Crippen molar-refractivity contribution < 1.29 is 9.53 Å². The third-order valence-electron chi connectivity index (χ3n) is 2.26. The number of hydrogen-bond donors (Lipinski definition) is 1. The summed E-state index contributed by atoms with van der Waals surface area (Å²) >= 11 is 0. The molecule has 0 aliphatic rings.